The predicted octanol–water partition coefficient (Wildman–Crippen LogP) is 2.16. The van der Waals surface area contributed by atoms with Crippen LogP contribution in [0, 0.1) is 12.8 Å². The quantitative estimate of drug-likeness (QED) is 0.860. The van der Waals surface area contributed by atoms with Crippen LogP contribution in [0.5, 0.6) is 0 Å². The summed E-state index contributed by atoms with van der Waals surface area (Å²) in [5, 5.41) is 6.96. The molecule has 5 heteroatoms. The average Bonchev–Trinajstić information content (AvgIpc) is 2.68. The average molecular weight is 239 g/mol. The minimum Gasteiger partial charge on any atom is -0.348 e. The first-order chi connectivity index (χ1) is 7.68. The third kappa shape index (κ3) is 2.40. The Hall–Kier alpha value is -0.970. The van der Waals surface area contributed by atoms with Gasteiger partial charge in [-0.2, -0.15) is 0 Å². The second-order valence-corrected chi connectivity index (χ2v) is 5.28. The van der Waals surface area contributed by atoms with E-state index in [-0.39, 0.29) is 5.91 Å². The third-order valence-electron chi connectivity index (χ3n) is 3.29. The fourth-order valence-electron chi connectivity index (χ4n) is 2.20. The number of nitrogens with zero attached hydrogens (tertiary/aromatic N) is 2. The van der Waals surface area contributed by atoms with Gasteiger partial charge in [-0.25, -0.2) is 0 Å². The van der Waals surface area contributed by atoms with E-state index in [0.29, 0.717) is 16.8 Å². The van der Waals surface area contributed by atoms with Gasteiger partial charge in [-0.05, 0) is 37.2 Å². The Balaban J connectivity index is 1.99. The summed E-state index contributed by atoms with van der Waals surface area (Å²) >= 11 is 1.17. The molecule has 1 aliphatic carbocycles. The number of aryl methyl sites for hydroxylation is 1. The van der Waals surface area contributed by atoms with Gasteiger partial charge in [0.1, 0.15) is 4.88 Å². The molecule has 0 saturated heterocycles. The molecule has 16 heavy (non-hydrogen) atoms. The molecule has 2 atom stereocenters. The van der Waals surface area contributed by atoms with Crippen LogP contribution in [0.2, 0.25) is 0 Å². The molecule has 2 rings (SSSR count). The molecule has 1 N–H and O–H groups in total. The highest BCUT2D eigenvalue weighted by atomic mass is 32.1. The minimum atomic E-state index is -0.00810. The normalized spacial score (nSPS) is 25.4. The maximum absolute atomic E-state index is 12.0. The van der Waals surface area contributed by atoms with E-state index in [1.54, 1.807) is 0 Å². The van der Waals surface area contributed by atoms with Crippen LogP contribution in [0.25, 0.3) is 0 Å². The van der Waals surface area contributed by atoms with Gasteiger partial charge in [0.15, 0.2) is 0 Å². The molecule has 1 heterocycles. The van der Waals surface area contributed by atoms with E-state index < -0.39 is 0 Å². The molecule has 0 spiro atoms. The largest absolute Gasteiger partial charge is 0.348 e. The molecule has 1 aromatic heterocycles. The fraction of sp³-hybridized carbons (Fsp3) is 0.727. The second-order valence-electron chi connectivity index (χ2n) is 4.53. The molecule has 2 unspecified atom stereocenters. The van der Waals surface area contributed by atoms with Crippen molar-refractivity contribution < 1.29 is 4.79 Å². The molecule has 0 aliphatic heterocycles. The summed E-state index contributed by atoms with van der Waals surface area (Å²) in [6.45, 7) is 4.03. The predicted molar refractivity (Wildman–Crippen MR) is 63.5 cm³/mol. The first kappa shape index (κ1) is 11.5. The van der Waals surface area contributed by atoms with E-state index in [2.05, 4.69) is 21.8 Å². The Morgan fingerprint density at radius 3 is 2.81 bits per heavy atom. The Labute approximate surface area is 99.6 Å². The van der Waals surface area contributed by atoms with Gasteiger partial charge in [0, 0.05) is 6.04 Å². The Kier molecular flexibility index (Phi) is 3.53. The lowest BCUT2D eigenvalue weighted by Crippen LogP contribution is -2.40. The first-order valence-electron chi connectivity index (χ1n) is 5.78. The molecule has 1 aliphatic rings. The number of amides is 1. The molecule has 1 saturated carbocycles. The minimum absolute atomic E-state index is 0.00810. The summed E-state index contributed by atoms with van der Waals surface area (Å²) in [5.74, 6) is 0.574. The molecule has 0 radical (unpaired) electrons. The van der Waals surface area contributed by atoms with Crippen molar-refractivity contribution in [1.29, 1.82) is 0 Å². The summed E-state index contributed by atoms with van der Waals surface area (Å²) in [7, 11) is 0. The van der Waals surface area contributed by atoms with Gasteiger partial charge in [0.2, 0.25) is 0 Å². The molecule has 0 bridgehead atoms. The maximum atomic E-state index is 12.0. The molecular formula is C11H17N3OS. The monoisotopic (exact) mass is 239 g/mol. The van der Waals surface area contributed by atoms with Gasteiger partial charge in [0.25, 0.3) is 5.91 Å². The zero-order valence-corrected chi connectivity index (χ0v) is 10.5. The molecule has 0 aromatic carbocycles. The SMILES string of the molecule is Cc1nnsc1C(=O)NC1CCCCC1C. The van der Waals surface area contributed by atoms with Crippen LogP contribution < -0.4 is 5.32 Å². The van der Waals surface area contributed by atoms with Crippen molar-refractivity contribution in [3.05, 3.63) is 10.6 Å². The molecule has 1 amide bonds. The number of aromatic nitrogens is 2. The lowest BCUT2D eigenvalue weighted by atomic mass is 9.86. The first-order valence-corrected chi connectivity index (χ1v) is 6.55. The molecule has 88 valence electrons. The van der Waals surface area contributed by atoms with Crippen molar-refractivity contribution in [3.8, 4) is 0 Å². The van der Waals surface area contributed by atoms with Gasteiger partial charge >= 0.3 is 0 Å². The van der Waals surface area contributed by atoms with Crippen molar-refractivity contribution >= 4 is 17.4 Å². The number of carbonyl (C=O) groups is 1. The van der Waals surface area contributed by atoms with Crippen molar-refractivity contribution in [2.75, 3.05) is 0 Å². The van der Waals surface area contributed by atoms with E-state index in [0.717, 1.165) is 12.1 Å². The number of carbonyl (C=O) groups excluding carboxylic acids is 1. The molecule has 1 fully saturated rings. The van der Waals surface area contributed by atoms with E-state index in [9.17, 15) is 4.79 Å². The Morgan fingerprint density at radius 2 is 2.19 bits per heavy atom. The third-order valence-corrected chi connectivity index (χ3v) is 4.11. The van der Waals surface area contributed by atoms with Crippen LogP contribution in [0.1, 0.15) is 48.0 Å². The van der Waals surface area contributed by atoms with Crippen LogP contribution in [-0.4, -0.2) is 21.5 Å². The summed E-state index contributed by atoms with van der Waals surface area (Å²) in [4.78, 5) is 12.6. The van der Waals surface area contributed by atoms with Gasteiger partial charge in [-0.1, -0.05) is 24.3 Å². The number of nitrogens with one attached hydrogen (secondary N) is 1. The standard InChI is InChI=1S/C11H17N3OS/c1-7-5-3-4-6-9(7)12-11(15)10-8(2)13-14-16-10/h7,9H,3-6H2,1-2H3,(H,12,15). The van der Waals surface area contributed by atoms with Gasteiger partial charge in [-0.15, -0.1) is 5.10 Å². The van der Waals surface area contributed by atoms with Crippen molar-refractivity contribution in [3.63, 3.8) is 0 Å². The number of hydrogen-bond acceptors (Lipinski definition) is 4. The van der Waals surface area contributed by atoms with Gasteiger partial charge in [0.05, 0.1) is 5.69 Å². The lowest BCUT2D eigenvalue weighted by Gasteiger charge is -2.29. The topological polar surface area (TPSA) is 54.9 Å². The maximum Gasteiger partial charge on any atom is 0.265 e. The second kappa shape index (κ2) is 4.91. The van der Waals surface area contributed by atoms with E-state index in [1.165, 1.54) is 30.8 Å². The summed E-state index contributed by atoms with van der Waals surface area (Å²) in [6.07, 6.45) is 4.81. The highest BCUT2D eigenvalue weighted by Gasteiger charge is 2.24. The van der Waals surface area contributed by atoms with Crippen molar-refractivity contribution in [2.45, 2.75) is 45.6 Å². The molecular weight excluding hydrogens is 222 g/mol. The number of rotatable bonds is 2. The van der Waals surface area contributed by atoms with Crippen LogP contribution in [0.15, 0.2) is 0 Å². The van der Waals surface area contributed by atoms with Crippen LogP contribution in [-0.2, 0) is 0 Å². The van der Waals surface area contributed by atoms with Crippen molar-refractivity contribution in [2.24, 2.45) is 5.92 Å². The molecule has 4 nitrogen and oxygen atoms in total. The van der Waals surface area contributed by atoms with Crippen LogP contribution >= 0.6 is 11.5 Å². The highest BCUT2D eigenvalue weighted by molar-refractivity contribution is 7.08. The van der Waals surface area contributed by atoms with E-state index >= 15 is 0 Å². The molecule has 1 aromatic rings. The fourth-order valence-corrected chi connectivity index (χ4v) is 2.76. The summed E-state index contributed by atoms with van der Waals surface area (Å²) < 4.78 is 3.79. The van der Waals surface area contributed by atoms with E-state index in [4.69, 9.17) is 0 Å². The van der Waals surface area contributed by atoms with Gasteiger partial charge < -0.3 is 5.32 Å². The Morgan fingerprint density at radius 1 is 1.44 bits per heavy atom. The summed E-state index contributed by atoms with van der Waals surface area (Å²) in [5.41, 5.74) is 0.728. The zero-order chi connectivity index (χ0) is 11.5. The smallest absolute Gasteiger partial charge is 0.265 e. The zero-order valence-electron chi connectivity index (χ0n) is 9.69. The van der Waals surface area contributed by atoms with Crippen LogP contribution in [0.4, 0.5) is 0 Å². The Bertz CT molecular complexity index is 377. The van der Waals surface area contributed by atoms with Gasteiger partial charge in [-0.3, -0.25) is 4.79 Å². The lowest BCUT2D eigenvalue weighted by molar-refractivity contribution is 0.0913. The highest BCUT2D eigenvalue weighted by Crippen LogP contribution is 2.24. The van der Waals surface area contributed by atoms with Crippen molar-refractivity contribution in [1.82, 2.24) is 14.9 Å². The summed E-state index contributed by atoms with van der Waals surface area (Å²) in [6, 6.07) is 0.322. The van der Waals surface area contributed by atoms with E-state index in [1.807, 2.05) is 6.92 Å². The van der Waals surface area contributed by atoms with Crippen LogP contribution in [0.3, 0.4) is 0 Å². The number of hydrogen-bond donors (Lipinski definition) is 1.